The van der Waals surface area contributed by atoms with Crippen LogP contribution in [0.4, 0.5) is 9.59 Å². The number of piperidine rings is 1. The van der Waals surface area contributed by atoms with Crippen molar-refractivity contribution in [2.24, 2.45) is 17.8 Å². The molecule has 16 heteroatoms. The summed E-state index contributed by atoms with van der Waals surface area (Å²) in [4.78, 5) is 72.0. The highest BCUT2D eigenvalue weighted by atomic mass is 16.5. The van der Waals surface area contributed by atoms with Gasteiger partial charge in [0, 0.05) is 34.7 Å². The number of likely N-dealkylation sites (tertiary alicyclic amines) is 1. The molecule has 2 aliphatic heterocycles. The van der Waals surface area contributed by atoms with Crippen molar-refractivity contribution >= 4 is 34.9 Å². The van der Waals surface area contributed by atoms with Crippen LogP contribution in [0.1, 0.15) is 91.1 Å². The van der Waals surface area contributed by atoms with Crippen molar-refractivity contribution in [3.8, 4) is 39.5 Å². The van der Waals surface area contributed by atoms with E-state index in [4.69, 9.17) is 19.2 Å². The highest BCUT2D eigenvalue weighted by molar-refractivity contribution is 5.92. The van der Waals surface area contributed by atoms with E-state index in [2.05, 4.69) is 66.6 Å². The summed E-state index contributed by atoms with van der Waals surface area (Å²) in [7, 11) is 2.59. The Morgan fingerprint density at radius 2 is 1.56 bits per heavy atom. The van der Waals surface area contributed by atoms with Crippen LogP contribution in [0.2, 0.25) is 0 Å². The molecule has 2 fully saturated rings. The molecule has 1 saturated carbocycles. The van der Waals surface area contributed by atoms with Crippen LogP contribution < -0.4 is 15.4 Å². The molecule has 2 bridgehead atoms. The molecule has 4 amide bonds. The van der Waals surface area contributed by atoms with Gasteiger partial charge in [0.15, 0.2) is 6.23 Å². The molecule has 3 aromatic heterocycles. The topological polar surface area (TPSA) is 189 Å². The number of carbonyl (C=O) groups is 4. The average Bonchev–Trinajstić information content (AvgIpc) is 4.12. The van der Waals surface area contributed by atoms with Gasteiger partial charge in [0.05, 0.1) is 61.8 Å². The Balaban J connectivity index is 1.02. The molecule has 1 unspecified atom stereocenters. The van der Waals surface area contributed by atoms with Crippen molar-refractivity contribution in [3.05, 3.63) is 66.5 Å². The summed E-state index contributed by atoms with van der Waals surface area (Å²) in [6, 6.07) is 13.1. The Morgan fingerprint density at radius 1 is 0.887 bits per heavy atom. The number of ether oxygens (including phenoxy) is 3. The lowest BCUT2D eigenvalue weighted by Crippen LogP contribution is -2.54. The van der Waals surface area contributed by atoms with Gasteiger partial charge in [-0.15, -0.1) is 0 Å². The number of imidazole rings is 2. The second-order valence-electron chi connectivity index (χ2n) is 17.4. The van der Waals surface area contributed by atoms with E-state index >= 15 is 0 Å². The normalized spacial score (nSPS) is 19.8. The first-order chi connectivity index (χ1) is 29.8. The summed E-state index contributed by atoms with van der Waals surface area (Å²) in [6.45, 7) is 12.4. The van der Waals surface area contributed by atoms with E-state index in [0.717, 1.165) is 81.9 Å². The zero-order valence-electron chi connectivity index (χ0n) is 36.7. The summed E-state index contributed by atoms with van der Waals surface area (Å²) >= 11 is 0. The van der Waals surface area contributed by atoms with Crippen LogP contribution in [0.3, 0.4) is 0 Å². The van der Waals surface area contributed by atoms with E-state index in [1.165, 1.54) is 14.2 Å². The van der Waals surface area contributed by atoms with Crippen LogP contribution in [0, 0.1) is 17.8 Å². The number of methoxy groups -OCH3 is 2. The second-order valence-corrected chi connectivity index (χ2v) is 17.4. The quantitative estimate of drug-likeness (QED) is 0.0928. The molecule has 3 aliphatic rings. The molecule has 0 spiro atoms. The third kappa shape index (κ3) is 7.86. The number of hydrogen-bond acceptors (Lipinski definition) is 9. The second kappa shape index (κ2) is 17.2. The number of hydrogen-bond donors (Lipinski definition) is 4. The van der Waals surface area contributed by atoms with Crippen molar-refractivity contribution < 1.29 is 33.4 Å². The molecule has 62 heavy (non-hydrogen) atoms. The Bertz CT molecular complexity index is 2490. The maximum Gasteiger partial charge on any atom is 0.407 e. The van der Waals surface area contributed by atoms with Crippen molar-refractivity contribution in [2.75, 3.05) is 20.8 Å². The summed E-state index contributed by atoms with van der Waals surface area (Å²) in [5, 5.41) is 6.49. The number of benzene rings is 2. The van der Waals surface area contributed by atoms with Crippen LogP contribution >= 0.6 is 0 Å². The first-order valence-corrected chi connectivity index (χ1v) is 21.7. The summed E-state index contributed by atoms with van der Waals surface area (Å²) in [5.41, 5.74) is 6.58. The van der Waals surface area contributed by atoms with Crippen LogP contribution in [0.5, 0.6) is 5.75 Å². The SMILES string of the molecule is CCCN(Cc1ncc(-c2ccc3c(c2)cc2n3C(C)Oc3cc(-c4cnc([C@@H]5[C@H]6CC[C@H](C6)N5C(=O)[C@@H](NC(=O)OC)C(C)C)[nH]4)ccc3-2)[nH]1)C(=O)[C@@H](NC(=O)OC)C(C)C. The molecule has 5 aromatic rings. The molecular weight excluding hydrogens is 791 g/mol. The van der Waals surface area contributed by atoms with E-state index in [1.54, 1.807) is 11.1 Å². The number of fused-ring (bicyclic) bond motifs is 7. The molecule has 6 atom stereocenters. The van der Waals surface area contributed by atoms with Gasteiger partial charge in [-0.1, -0.05) is 46.8 Å². The predicted octanol–water partition coefficient (Wildman–Crippen LogP) is 7.55. The number of amides is 4. The van der Waals surface area contributed by atoms with Crippen molar-refractivity contribution in [1.29, 1.82) is 0 Å². The Kier molecular flexibility index (Phi) is 11.8. The van der Waals surface area contributed by atoms with Crippen LogP contribution in [0.25, 0.3) is 44.7 Å². The number of nitrogens with one attached hydrogen (secondary N) is 4. The summed E-state index contributed by atoms with van der Waals surface area (Å²) in [6.07, 6.45) is 5.69. The molecule has 2 aromatic carbocycles. The fourth-order valence-electron chi connectivity index (χ4n) is 9.59. The number of aromatic amines is 2. The predicted molar refractivity (Wildman–Crippen MR) is 233 cm³/mol. The van der Waals surface area contributed by atoms with E-state index in [0.29, 0.717) is 12.4 Å². The molecule has 8 rings (SSSR count). The Labute approximate surface area is 361 Å². The maximum atomic E-state index is 14.0. The number of alkyl carbamates (subject to hydrolysis) is 2. The molecule has 16 nitrogen and oxygen atoms in total. The molecule has 4 N–H and O–H groups in total. The van der Waals surface area contributed by atoms with Gasteiger partial charge in [-0.05, 0) is 80.7 Å². The minimum atomic E-state index is -0.724. The standard InChI is InChI=1S/C46H57N9O7/c1-9-16-53(43(56)39(24(2)3)51-45(58)60-7)23-38-47-21-33(49-38)27-12-15-35-30(17-27)19-36-32-14-11-28(20-37(32)62-26(6)54(35)36)34-22-48-42(50-34)41-29-10-13-31(18-29)55(41)44(57)40(25(4)5)52-46(59)61-8/h11-12,14-15,17,19-22,24-26,29,31,39-41H,9-10,13,16,18,23H2,1-8H3,(H,47,49)(H,48,50)(H,51,58)(H,52,59)/t26?,29-,31+,39-,40-,41-/m0/s1. The molecule has 5 heterocycles. The highest BCUT2D eigenvalue weighted by Crippen LogP contribution is 2.50. The van der Waals surface area contributed by atoms with E-state index in [9.17, 15) is 19.2 Å². The van der Waals surface area contributed by atoms with Crippen LogP contribution in [0.15, 0.2) is 54.9 Å². The van der Waals surface area contributed by atoms with Gasteiger partial charge in [0.25, 0.3) is 0 Å². The Hall–Kier alpha value is -6.32. The van der Waals surface area contributed by atoms with Crippen LogP contribution in [-0.4, -0.2) is 97.2 Å². The van der Waals surface area contributed by atoms with Gasteiger partial charge in [-0.25, -0.2) is 19.6 Å². The number of aromatic nitrogens is 5. The minimum absolute atomic E-state index is 0.103. The average molecular weight is 848 g/mol. The van der Waals surface area contributed by atoms with Gasteiger partial charge in [-0.2, -0.15) is 0 Å². The molecule has 328 valence electrons. The lowest BCUT2D eigenvalue weighted by atomic mass is 9.95. The van der Waals surface area contributed by atoms with Gasteiger partial charge < -0.3 is 49.2 Å². The lowest BCUT2D eigenvalue weighted by molar-refractivity contribution is -0.139. The van der Waals surface area contributed by atoms with Crippen molar-refractivity contribution in [3.63, 3.8) is 0 Å². The van der Waals surface area contributed by atoms with Gasteiger partial charge in [0.2, 0.25) is 11.8 Å². The van der Waals surface area contributed by atoms with E-state index in [1.807, 2.05) is 58.7 Å². The number of nitrogens with zero attached hydrogens (tertiary/aromatic N) is 5. The fraction of sp³-hybridized carbons (Fsp3) is 0.478. The largest absolute Gasteiger partial charge is 0.470 e. The number of H-pyrrole nitrogens is 2. The molecule has 1 aliphatic carbocycles. The fourth-order valence-corrected chi connectivity index (χ4v) is 9.59. The molecular formula is C46H57N9O7. The highest BCUT2D eigenvalue weighted by Gasteiger charge is 2.51. The van der Waals surface area contributed by atoms with E-state index in [-0.39, 0.29) is 54.4 Å². The lowest BCUT2D eigenvalue weighted by Gasteiger charge is -2.37. The summed E-state index contributed by atoms with van der Waals surface area (Å²) < 4.78 is 18.4. The Morgan fingerprint density at radius 3 is 2.27 bits per heavy atom. The maximum absolute atomic E-state index is 14.0. The number of rotatable bonds is 13. The van der Waals surface area contributed by atoms with Crippen LogP contribution in [-0.2, 0) is 25.6 Å². The van der Waals surface area contributed by atoms with Gasteiger partial charge in [-0.3, -0.25) is 9.59 Å². The zero-order chi connectivity index (χ0) is 44.0. The molecule has 1 saturated heterocycles. The third-order valence-corrected chi connectivity index (χ3v) is 12.7. The first-order valence-electron chi connectivity index (χ1n) is 21.7. The van der Waals surface area contributed by atoms with Crippen molar-refractivity contribution in [1.82, 2.24) is 44.9 Å². The minimum Gasteiger partial charge on any atom is -0.470 e. The summed E-state index contributed by atoms with van der Waals surface area (Å²) in [5.74, 6) is 1.88. The van der Waals surface area contributed by atoms with Crippen molar-refractivity contribution in [2.45, 2.75) is 104 Å². The van der Waals surface area contributed by atoms with Gasteiger partial charge >= 0.3 is 12.2 Å². The first kappa shape index (κ1) is 42.4. The zero-order valence-corrected chi connectivity index (χ0v) is 36.7. The number of carbonyl (C=O) groups excluding carboxylic acids is 4. The van der Waals surface area contributed by atoms with E-state index < -0.39 is 24.3 Å². The third-order valence-electron chi connectivity index (χ3n) is 12.7. The monoisotopic (exact) mass is 847 g/mol. The smallest absolute Gasteiger partial charge is 0.407 e. The van der Waals surface area contributed by atoms with Gasteiger partial charge in [0.1, 0.15) is 29.5 Å². The molecule has 0 radical (unpaired) electrons.